The van der Waals surface area contributed by atoms with E-state index < -0.39 is 8.67 Å². The normalized spacial score (nSPS) is 16.1. The van der Waals surface area contributed by atoms with E-state index in [1.165, 1.54) is 0 Å². The molecule has 0 rings (SSSR count). The fourth-order valence-electron chi connectivity index (χ4n) is 0.110. The molecule has 0 heterocycles. The van der Waals surface area contributed by atoms with Gasteiger partial charge in [0.05, 0.1) is 6.61 Å². The summed E-state index contributed by atoms with van der Waals surface area (Å²) in [6, 6.07) is 0. The maximum absolute atomic E-state index is 8.77. The lowest BCUT2D eigenvalue weighted by atomic mass is 10.4. The zero-order valence-electron chi connectivity index (χ0n) is 3.88. The Balaban J connectivity index is 3.62. The van der Waals surface area contributed by atoms with Crippen LogP contribution in [0.15, 0.2) is 0 Å². The summed E-state index contributed by atoms with van der Waals surface area (Å²) in [5.41, 5.74) is 0. The average Bonchev–Trinajstić information content (AvgIpc) is 1.62. The largest absolute Gasteiger partial charge is 0.394 e. The van der Waals surface area contributed by atoms with Crippen LogP contribution in [0.2, 0.25) is 0 Å². The van der Waals surface area contributed by atoms with Crippen molar-refractivity contribution in [2.75, 3.05) is 6.61 Å². The molecule has 0 spiro atoms. The zero-order valence-corrected chi connectivity index (χ0v) is 7.95. The molecule has 0 bridgehead atoms. The van der Waals surface area contributed by atoms with E-state index in [1.54, 1.807) is 0 Å². The number of halogens is 2. The highest BCUT2D eigenvalue weighted by molar-refractivity contribution is 9.27. The van der Waals surface area contributed by atoms with E-state index in [-0.39, 0.29) is 6.61 Å². The molecule has 0 amide bonds. The van der Waals surface area contributed by atoms with Gasteiger partial charge in [-0.1, -0.05) is 31.9 Å². The minimum absolute atomic E-state index is 0.319. The van der Waals surface area contributed by atoms with Crippen molar-refractivity contribution in [2.45, 2.75) is 8.67 Å². The highest BCUT2D eigenvalue weighted by Crippen LogP contribution is 2.33. The Kier molecular flexibility index (Phi) is 3.94. The summed E-state index contributed by atoms with van der Waals surface area (Å²) >= 11 is 9.80. The highest BCUT2D eigenvalue weighted by atomic mass is 79.9. The van der Waals surface area contributed by atoms with Crippen molar-refractivity contribution >= 4 is 44.5 Å². The third-order valence-electron chi connectivity index (χ3n) is 0.574. The Morgan fingerprint density at radius 1 is 1.62 bits per heavy atom. The number of aliphatic hydroxyl groups is 2. The fraction of sp³-hybridized carbons (Fsp3) is 1.00. The third kappa shape index (κ3) is 3.29. The number of rotatable bonds is 2. The summed E-state index contributed by atoms with van der Waals surface area (Å²) in [5, 5.41) is 17.1. The first-order chi connectivity index (χ1) is 3.48. The number of thiol groups is 1. The van der Waals surface area contributed by atoms with Gasteiger partial charge in [-0.25, -0.2) is 0 Å². The van der Waals surface area contributed by atoms with Gasteiger partial charge in [0.15, 0.2) is 2.57 Å². The Hall–Kier alpha value is 1.23. The first-order valence-corrected chi connectivity index (χ1v) is 3.91. The second-order valence-electron chi connectivity index (χ2n) is 1.29. The van der Waals surface area contributed by atoms with Crippen molar-refractivity contribution in [3.63, 3.8) is 0 Å². The van der Waals surface area contributed by atoms with Crippen molar-refractivity contribution in [3.8, 4) is 0 Å². The molecule has 5 heteroatoms. The Labute approximate surface area is 69.9 Å². The van der Waals surface area contributed by atoms with Gasteiger partial charge in [0.2, 0.25) is 0 Å². The standard InChI is InChI=1S/C3H6Br2O2S/c4-3(5,8)2(7)1-6/h2,6-8H,1H2. The van der Waals surface area contributed by atoms with E-state index in [0.29, 0.717) is 0 Å². The van der Waals surface area contributed by atoms with Crippen molar-refractivity contribution < 1.29 is 10.2 Å². The van der Waals surface area contributed by atoms with Crippen LogP contribution in [0.1, 0.15) is 0 Å². The van der Waals surface area contributed by atoms with Crippen LogP contribution >= 0.6 is 44.5 Å². The molecule has 0 aliphatic rings. The molecule has 0 aromatic heterocycles. The van der Waals surface area contributed by atoms with Crippen LogP contribution < -0.4 is 0 Å². The lowest BCUT2D eigenvalue weighted by Gasteiger charge is -2.17. The average molecular weight is 266 g/mol. The van der Waals surface area contributed by atoms with E-state index in [9.17, 15) is 0 Å². The van der Waals surface area contributed by atoms with Gasteiger partial charge < -0.3 is 10.2 Å². The molecule has 8 heavy (non-hydrogen) atoms. The quantitative estimate of drug-likeness (QED) is 0.509. The second kappa shape index (κ2) is 3.41. The minimum Gasteiger partial charge on any atom is -0.394 e. The lowest BCUT2D eigenvalue weighted by Crippen LogP contribution is -2.27. The van der Waals surface area contributed by atoms with Crippen LogP contribution in [0.3, 0.4) is 0 Å². The third-order valence-corrected chi connectivity index (χ3v) is 1.93. The Morgan fingerprint density at radius 2 is 2.00 bits per heavy atom. The van der Waals surface area contributed by atoms with E-state index in [0.717, 1.165) is 0 Å². The van der Waals surface area contributed by atoms with Gasteiger partial charge in [0.25, 0.3) is 0 Å². The van der Waals surface area contributed by atoms with Crippen molar-refractivity contribution in [3.05, 3.63) is 0 Å². The summed E-state index contributed by atoms with van der Waals surface area (Å²) in [7, 11) is 0. The molecule has 0 fully saturated rings. The van der Waals surface area contributed by atoms with Crippen LogP contribution in [-0.2, 0) is 0 Å². The van der Waals surface area contributed by atoms with Crippen LogP contribution in [0, 0.1) is 0 Å². The molecule has 0 radical (unpaired) electrons. The van der Waals surface area contributed by atoms with Crippen LogP contribution in [0.5, 0.6) is 0 Å². The molecule has 0 aliphatic heterocycles. The van der Waals surface area contributed by atoms with Gasteiger partial charge in [-0.05, 0) is 0 Å². The summed E-state index contributed by atoms with van der Waals surface area (Å²) in [6.45, 7) is -0.319. The molecule has 2 nitrogen and oxygen atoms in total. The van der Waals surface area contributed by atoms with E-state index >= 15 is 0 Å². The molecular weight excluding hydrogens is 260 g/mol. The highest BCUT2D eigenvalue weighted by Gasteiger charge is 2.26. The monoisotopic (exact) mass is 264 g/mol. The zero-order chi connectivity index (χ0) is 6.78. The van der Waals surface area contributed by atoms with E-state index in [4.69, 9.17) is 10.2 Å². The number of hydrogen-bond acceptors (Lipinski definition) is 3. The molecule has 0 aromatic rings. The van der Waals surface area contributed by atoms with Crippen LogP contribution in [-0.4, -0.2) is 25.5 Å². The van der Waals surface area contributed by atoms with Gasteiger partial charge in [-0.3, -0.25) is 0 Å². The van der Waals surface area contributed by atoms with Crippen LogP contribution in [0.4, 0.5) is 0 Å². The molecular formula is C3H6Br2O2S. The Bertz CT molecular complexity index is 72.2. The molecule has 0 aliphatic carbocycles. The summed E-state index contributed by atoms with van der Waals surface area (Å²) in [5.74, 6) is 0. The van der Waals surface area contributed by atoms with Gasteiger partial charge >= 0.3 is 0 Å². The fourth-order valence-corrected chi connectivity index (χ4v) is 0.481. The molecule has 50 valence electrons. The predicted molar refractivity (Wildman–Crippen MR) is 42.7 cm³/mol. The second-order valence-corrected chi connectivity index (χ2v) is 6.78. The lowest BCUT2D eigenvalue weighted by molar-refractivity contribution is 0.105. The van der Waals surface area contributed by atoms with Crippen molar-refractivity contribution in [1.29, 1.82) is 0 Å². The van der Waals surface area contributed by atoms with Crippen molar-refractivity contribution in [1.82, 2.24) is 0 Å². The maximum atomic E-state index is 8.77. The smallest absolute Gasteiger partial charge is 0.151 e. The number of alkyl halides is 2. The summed E-state index contributed by atoms with van der Waals surface area (Å²) in [6.07, 6.45) is -0.897. The molecule has 0 saturated carbocycles. The molecule has 2 N–H and O–H groups in total. The first-order valence-electron chi connectivity index (χ1n) is 1.87. The maximum Gasteiger partial charge on any atom is 0.151 e. The number of hydrogen-bond donors (Lipinski definition) is 3. The van der Waals surface area contributed by atoms with Gasteiger partial charge in [-0.2, -0.15) is 0 Å². The molecule has 0 saturated heterocycles. The van der Waals surface area contributed by atoms with E-state index in [2.05, 4.69) is 44.5 Å². The molecule has 0 aromatic carbocycles. The summed E-state index contributed by atoms with van der Waals surface area (Å²) in [4.78, 5) is 0. The van der Waals surface area contributed by atoms with Crippen molar-refractivity contribution in [2.24, 2.45) is 0 Å². The number of aliphatic hydroxyl groups excluding tert-OH is 2. The van der Waals surface area contributed by atoms with E-state index in [1.807, 2.05) is 0 Å². The van der Waals surface area contributed by atoms with Gasteiger partial charge in [-0.15, -0.1) is 12.6 Å². The molecule has 1 unspecified atom stereocenters. The SMILES string of the molecule is OCC(O)C(S)(Br)Br. The minimum atomic E-state index is -0.897. The van der Waals surface area contributed by atoms with Crippen LogP contribution in [0.25, 0.3) is 0 Å². The van der Waals surface area contributed by atoms with Gasteiger partial charge in [0, 0.05) is 0 Å². The Morgan fingerprint density at radius 3 is 2.00 bits per heavy atom. The first kappa shape index (κ1) is 9.23. The molecule has 1 atom stereocenters. The topological polar surface area (TPSA) is 40.5 Å². The predicted octanol–water partition coefficient (Wildman–Crippen LogP) is 0.713. The van der Waals surface area contributed by atoms with Gasteiger partial charge in [0.1, 0.15) is 6.10 Å². The summed E-state index contributed by atoms with van der Waals surface area (Å²) < 4.78 is -0.866.